The van der Waals surface area contributed by atoms with Gasteiger partial charge in [0.2, 0.25) is 11.8 Å². The van der Waals surface area contributed by atoms with Crippen molar-refractivity contribution in [2.24, 2.45) is 29.1 Å². The monoisotopic (exact) mass is 412 g/mol. The van der Waals surface area contributed by atoms with Crippen LogP contribution in [0.15, 0.2) is 24.3 Å². The zero-order chi connectivity index (χ0) is 21.3. The van der Waals surface area contributed by atoms with Crippen molar-refractivity contribution in [3.05, 3.63) is 29.8 Å². The fraction of sp³-hybridized carbons (Fsp3) is 0.680. The minimum Gasteiger partial charge on any atom is -0.492 e. The van der Waals surface area contributed by atoms with E-state index in [1.54, 1.807) is 0 Å². The van der Waals surface area contributed by atoms with Crippen LogP contribution >= 0.6 is 0 Å². The van der Waals surface area contributed by atoms with Crippen molar-refractivity contribution in [1.29, 1.82) is 0 Å². The smallest absolute Gasteiger partial charge is 0.242 e. The van der Waals surface area contributed by atoms with Gasteiger partial charge in [-0.15, -0.1) is 0 Å². The summed E-state index contributed by atoms with van der Waals surface area (Å²) in [5.41, 5.74) is 0.917. The normalized spacial score (nSPS) is 30.2. The highest BCUT2D eigenvalue weighted by Gasteiger charge is 2.55. The Morgan fingerprint density at radius 3 is 2.30 bits per heavy atom. The fourth-order valence-electron chi connectivity index (χ4n) is 6.38. The maximum absolute atomic E-state index is 13.3. The number of aryl methyl sites for hydroxylation is 1. The fourth-order valence-corrected chi connectivity index (χ4v) is 6.38. The molecule has 0 spiro atoms. The van der Waals surface area contributed by atoms with E-state index < -0.39 is 6.04 Å². The molecule has 164 valence electrons. The predicted octanol–water partition coefficient (Wildman–Crippen LogP) is 3.85. The van der Waals surface area contributed by atoms with Crippen molar-refractivity contribution in [3.8, 4) is 5.75 Å². The largest absolute Gasteiger partial charge is 0.492 e. The summed E-state index contributed by atoms with van der Waals surface area (Å²) in [6.45, 7) is 6.83. The van der Waals surface area contributed by atoms with E-state index in [0.717, 1.165) is 30.6 Å². The van der Waals surface area contributed by atoms with E-state index in [9.17, 15) is 9.59 Å². The number of rotatable bonds is 8. The minimum atomic E-state index is -0.496. The summed E-state index contributed by atoms with van der Waals surface area (Å²) in [6, 6.07) is 7.37. The quantitative estimate of drug-likeness (QED) is 0.638. The first kappa shape index (κ1) is 21.2. The Labute approximate surface area is 180 Å². The van der Waals surface area contributed by atoms with Gasteiger partial charge >= 0.3 is 0 Å². The van der Waals surface area contributed by atoms with Crippen LogP contribution < -0.4 is 15.4 Å². The van der Waals surface area contributed by atoms with Gasteiger partial charge in [-0.1, -0.05) is 26.0 Å². The molecule has 0 aromatic heterocycles. The average molecular weight is 413 g/mol. The van der Waals surface area contributed by atoms with Gasteiger partial charge in [0.1, 0.15) is 18.4 Å². The maximum Gasteiger partial charge on any atom is 0.242 e. The van der Waals surface area contributed by atoms with Crippen LogP contribution in [-0.4, -0.2) is 31.0 Å². The number of hydrogen-bond acceptors (Lipinski definition) is 3. The topological polar surface area (TPSA) is 67.4 Å². The van der Waals surface area contributed by atoms with E-state index in [-0.39, 0.29) is 23.1 Å². The zero-order valence-corrected chi connectivity index (χ0v) is 18.6. The van der Waals surface area contributed by atoms with Crippen LogP contribution in [0.3, 0.4) is 0 Å². The van der Waals surface area contributed by atoms with Crippen molar-refractivity contribution >= 4 is 11.8 Å². The van der Waals surface area contributed by atoms with Crippen molar-refractivity contribution in [3.63, 3.8) is 0 Å². The molecule has 4 saturated carbocycles. The highest BCUT2D eigenvalue weighted by atomic mass is 16.5. The molecule has 0 radical (unpaired) electrons. The highest BCUT2D eigenvalue weighted by Crippen LogP contribution is 2.60. The van der Waals surface area contributed by atoms with Crippen molar-refractivity contribution < 1.29 is 14.3 Å². The number of ether oxygens (including phenoxy) is 1. The summed E-state index contributed by atoms with van der Waals surface area (Å²) in [5, 5.41) is 6.10. The molecular formula is C25H36N2O3. The second-order valence-corrected chi connectivity index (χ2v) is 10.3. The SMILES string of the molecule is Cc1cccc(OCCNC(=O)[C@@H](NC(=O)C23CC4CC(CC(C4)C2)C3)C(C)C)c1. The van der Waals surface area contributed by atoms with E-state index in [1.807, 2.05) is 45.0 Å². The Morgan fingerprint density at radius 1 is 1.10 bits per heavy atom. The Balaban J connectivity index is 1.30. The van der Waals surface area contributed by atoms with Crippen LogP contribution in [-0.2, 0) is 9.59 Å². The molecule has 5 heteroatoms. The number of nitrogens with one attached hydrogen (secondary N) is 2. The molecule has 30 heavy (non-hydrogen) atoms. The van der Waals surface area contributed by atoms with Crippen LogP contribution in [0, 0.1) is 36.0 Å². The van der Waals surface area contributed by atoms with Gasteiger partial charge in [-0.05, 0) is 86.8 Å². The molecule has 4 aliphatic rings. The van der Waals surface area contributed by atoms with Gasteiger partial charge in [0.15, 0.2) is 0 Å². The van der Waals surface area contributed by atoms with E-state index in [1.165, 1.54) is 19.3 Å². The molecule has 0 saturated heterocycles. The van der Waals surface area contributed by atoms with Gasteiger partial charge in [-0.25, -0.2) is 0 Å². The lowest BCUT2D eigenvalue weighted by molar-refractivity contribution is -0.149. The maximum atomic E-state index is 13.3. The molecule has 0 heterocycles. The number of hydrogen-bond donors (Lipinski definition) is 2. The van der Waals surface area contributed by atoms with Crippen LogP contribution in [0.25, 0.3) is 0 Å². The molecule has 1 atom stereocenters. The van der Waals surface area contributed by atoms with Gasteiger partial charge in [0.25, 0.3) is 0 Å². The molecule has 4 aliphatic carbocycles. The lowest BCUT2D eigenvalue weighted by Gasteiger charge is -2.55. The van der Waals surface area contributed by atoms with Crippen LogP contribution in [0.2, 0.25) is 0 Å². The summed E-state index contributed by atoms with van der Waals surface area (Å²) in [4.78, 5) is 26.2. The molecule has 5 nitrogen and oxygen atoms in total. The van der Waals surface area contributed by atoms with Crippen molar-refractivity contribution in [1.82, 2.24) is 10.6 Å². The highest BCUT2D eigenvalue weighted by molar-refractivity contribution is 5.90. The molecule has 2 N–H and O–H groups in total. The molecule has 2 amide bonds. The molecule has 1 aromatic carbocycles. The Bertz CT molecular complexity index is 753. The van der Waals surface area contributed by atoms with Crippen LogP contribution in [0.5, 0.6) is 5.75 Å². The van der Waals surface area contributed by atoms with E-state index in [0.29, 0.717) is 30.9 Å². The number of benzene rings is 1. The van der Waals surface area contributed by atoms with Gasteiger partial charge < -0.3 is 15.4 Å². The first-order valence-corrected chi connectivity index (χ1v) is 11.6. The van der Waals surface area contributed by atoms with Crippen molar-refractivity contribution in [2.75, 3.05) is 13.2 Å². The van der Waals surface area contributed by atoms with Gasteiger partial charge in [0.05, 0.1) is 6.54 Å². The summed E-state index contributed by atoms with van der Waals surface area (Å²) in [5.74, 6) is 2.99. The van der Waals surface area contributed by atoms with Crippen molar-refractivity contribution in [2.45, 2.75) is 65.3 Å². The molecule has 0 aliphatic heterocycles. The second kappa shape index (κ2) is 8.60. The molecule has 1 aromatic rings. The Morgan fingerprint density at radius 2 is 1.73 bits per heavy atom. The molecule has 4 bridgehead atoms. The molecule has 5 rings (SSSR count). The van der Waals surface area contributed by atoms with Gasteiger partial charge in [-0.3, -0.25) is 9.59 Å². The second-order valence-electron chi connectivity index (χ2n) is 10.3. The molecule has 4 fully saturated rings. The summed E-state index contributed by atoms with van der Waals surface area (Å²) in [7, 11) is 0. The van der Waals surface area contributed by atoms with Crippen LogP contribution in [0.4, 0.5) is 0 Å². The van der Waals surface area contributed by atoms with E-state index in [2.05, 4.69) is 10.6 Å². The Hall–Kier alpha value is -2.04. The third kappa shape index (κ3) is 4.50. The third-order valence-electron chi connectivity index (χ3n) is 7.42. The number of carbonyl (C=O) groups excluding carboxylic acids is 2. The minimum absolute atomic E-state index is 0.0422. The number of carbonyl (C=O) groups is 2. The first-order valence-electron chi connectivity index (χ1n) is 11.6. The van der Waals surface area contributed by atoms with Crippen LogP contribution in [0.1, 0.15) is 57.9 Å². The first-order chi connectivity index (χ1) is 14.3. The predicted molar refractivity (Wildman–Crippen MR) is 117 cm³/mol. The van der Waals surface area contributed by atoms with E-state index >= 15 is 0 Å². The molecular weight excluding hydrogens is 376 g/mol. The zero-order valence-electron chi connectivity index (χ0n) is 18.6. The third-order valence-corrected chi connectivity index (χ3v) is 7.42. The Kier molecular flexibility index (Phi) is 6.08. The standard InChI is InChI=1S/C25H36N2O3/c1-16(2)22(23(28)26-7-8-30-21-6-4-5-17(3)9-21)27-24(29)25-13-18-10-19(14-25)12-20(11-18)15-25/h4-6,9,16,18-20,22H,7-8,10-15H2,1-3H3,(H,26,28)(H,27,29)/t18?,19?,20?,22-,25?/m0/s1. The summed E-state index contributed by atoms with van der Waals surface area (Å²) >= 11 is 0. The summed E-state index contributed by atoms with van der Waals surface area (Å²) < 4.78 is 5.72. The summed E-state index contributed by atoms with van der Waals surface area (Å²) in [6.07, 6.45) is 6.97. The lowest BCUT2D eigenvalue weighted by Crippen LogP contribution is -2.58. The average Bonchev–Trinajstić information content (AvgIpc) is 2.68. The molecule has 0 unspecified atom stereocenters. The van der Waals surface area contributed by atoms with Gasteiger partial charge in [-0.2, -0.15) is 0 Å². The lowest BCUT2D eigenvalue weighted by atomic mass is 9.49. The van der Waals surface area contributed by atoms with Gasteiger partial charge in [0, 0.05) is 5.41 Å². The number of amides is 2. The van der Waals surface area contributed by atoms with E-state index in [4.69, 9.17) is 4.74 Å².